The first kappa shape index (κ1) is 12.9. The van der Waals surface area contributed by atoms with E-state index in [4.69, 9.17) is 9.47 Å². The molecule has 1 aliphatic heterocycles. The van der Waals surface area contributed by atoms with Gasteiger partial charge in [-0.05, 0) is 42.9 Å². The molecule has 2 fully saturated rings. The molecule has 1 aliphatic carbocycles. The van der Waals surface area contributed by atoms with E-state index in [1.807, 2.05) is 12.1 Å². The molecule has 0 aromatic heterocycles. The van der Waals surface area contributed by atoms with Crippen molar-refractivity contribution in [3.63, 3.8) is 0 Å². The van der Waals surface area contributed by atoms with Gasteiger partial charge in [0.05, 0.1) is 19.8 Å². The van der Waals surface area contributed by atoms with Crippen molar-refractivity contribution >= 4 is 0 Å². The van der Waals surface area contributed by atoms with Gasteiger partial charge in [-0.3, -0.25) is 4.90 Å². The molecule has 3 nitrogen and oxygen atoms in total. The fourth-order valence-electron chi connectivity index (χ4n) is 2.76. The summed E-state index contributed by atoms with van der Waals surface area (Å²) in [4.78, 5) is 2.58. The van der Waals surface area contributed by atoms with Crippen molar-refractivity contribution in [2.75, 3.05) is 33.4 Å². The Morgan fingerprint density at radius 1 is 1.26 bits per heavy atom. The fraction of sp³-hybridized carbons (Fsp3) is 0.625. The van der Waals surface area contributed by atoms with E-state index in [1.54, 1.807) is 7.11 Å². The number of ether oxygens (including phenoxy) is 2. The first-order valence-electron chi connectivity index (χ1n) is 7.30. The number of methoxy groups -OCH3 is 1. The number of morpholine rings is 1. The van der Waals surface area contributed by atoms with E-state index in [2.05, 4.69) is 17.0 Å². The zero-order valence-corrected chi connectivity index (χ0v) is 11.7. The summed E-state index contributed by atoms with van der Waals surface area (Å²) in [6.45, 7) is 4.36. The van der Waals surface area contributed by atoms with E-state index >= 15 is 0 Å². The highest BCUT2D eigenvalue weighted by Gasteiger charge is 2.27. The van der Waals surface area contributed by atoms with Crippen molar-refractivity contribution < 1.29 is 9.47 Å². The minimum Gasteiger partial charge on any atom is -0.497 e. The lowest BCUT2D eigenvalue weighted by Crippen LogP contribution is -2.44. The van der Waals surface area contributed by atoms with E-state index in [0.29, 0.717) is 6.10 Å². The zero-order valence-electron chi connectivity index (χ0n) is 11.7. The van der Waals surface area contributed by atoms with E-state index in [1.165, 1.54) is 24.9 Å². The average molecular weight is 261 g/mol. The van der Waals surface area contributed by atoms with Gasteiger partial charge in [0.15, 0.2) is 0 Å². The van der Waals surface area contributed by atoms with Gasteiger partial charge in [-0.1, -0.05) is 12.1 Å². The first-order valence-corrected chi connectivity index (χ1v) is 7.30. The Balaban J connectivity index is 1.52. The van der Waals surface area contributed by atoms with Crippen LogP contribution in [0.3, 0.4) is 0 Å². The Bertz CT molecular complexity index is 400. The molecule has 0 N–H and O–H groups in total. The van der Waals surface area contributed by atoms with Crippen molar-refractivity contribution in [1.82, 2.24) is 4.90 Å². The van der Waals surface area contributed by atoms with Gasteiger partial charge in [-0.25, -0.2) is 0 Å². The molecule has 19 heavy (non-hydrogen) atoms. The smallest absolute Gasteiger partial charge is 0.118 e. The number of benzene rings is 1. The SMILES string of the molecule is COc1ccc(C[C@@H]2CN(CC3CC3)CCO2)cc1. The Morgan fingerprint density at radius 2 is 2.05 bits per heavy atom. The Morgan fingerprint density at radius 3 is 2.74 bits per heavy atom. The maximum absolute atomic E-state index is 5.90. The maximum Gasteiger partial charge on any atom is 0.118 e. The molecular formula is C16H23NO2. The molecule has 3 heteroatoms. The first-order chi connectivity index (χ1) is 9.33. The van der Waals surface area contributed by atoms with Crippen LogP contribution in [0.4, 0.5) is 0 Å². The third kappa shape index (κ3) is 3.71. The topological polar surface area (TPSA) is 21.7 Å². The second-order valence-electron chi connectivity index (χ2n) is 5.75. The molecule has 1 aromatic carbocycles. The third-order valence-corrected chi connectivity index (χ3v) is 4.06. The standard InChI is InChI=1S/C16H23NO2/c1-18-15-6-4-13(5-7-15)10-16-12-17(8-9-19-16)11-14-2-3-14/h4-7,14,16H,2-3,8-12H2,1H3/t16-/m1/s1. The molecule has 0 amide bonds. The van der Waals surface area contributed by atoms with E-state index in [-0.39, 0.29) is 0 Å². The van der Waals surface area contributed by atoms with E-state index < -0.39 is 0 Å². The van der Waals surface area contributed by atoms with Crippen molar-refractivity contribution in [2.24, 2.45) is 5.92 Å². The van der Waals surface area contributed by atoms with Crippen LogP contribution in [0, 0.1) is 5.92 Å². The largest absolute Gasteiger partial charge is 0.497 e. The zero-order chi connectivity index (χ0) is 13.1. The molecule has 0 unspecified atom stereocenters. The summed E-state index contributed by atoms with van der Waals surface area (Å²) in [6, 6.07) is 8.34. The summed E-state index contributed by atoms with van der Waals surface area (Å²) >= 11 is 0. The van der Waals surface area contributed by atoms with Crippen molar-refractivity contribution in [1.29, 1.82) is 0 Å². The highest BCUT2D eigenvalue weighted by molar-refractivity contribution is 5.27. The summed E-state index contributed by atoms with van der Waals surface area (Å²) in [5.41, 5.74) is 1.33. The van der Waals surface area contributed by atoms with Gasteiger partial charge < -0.3 is 9.47 Å². The Labute approximate surface area is 115 Å². The third-order valence-electron chi connectivity index (χ3n) is 4.06. The Kier molecular flexibility index (Phi) is 4.04. The second-order valence-corrected chi connectivity index (χ2v) is 5.75. The van der Waals surface area contributed by atoms with Gasteiger partial charge in [-0.2, -0.15) is 0 Å². The average Bonchev–Trinajstić information content (AvgIpc) is 3.24. The van der Waals surface area contributed by atoms with E-state index in [9.17, 15) is 0 Å². The van der Waals surface area contributed by atoms with Crippen LogP contribution >= 0.6 is 0 Å². The highest BCUT2D eigenvalue weighted by Crippen LogP contribution is 2.30. The lowest BCUT2D eigenvalue weighted by Gasteiger charge is -2.33. The van der Waals surface area contributed by atoms with Crippen LogP contribution in [0.25, 0.3) is 0 Å². The van der Waals surface area contributed by atoms with Crippen molar-refractivity contribution in [3.8, 4) is 5.75 Å². The summed E-state index contributed by atoms with van der Waals surface area (Å²) < 4.78 is 11.1. The molecule has 0 radical (unpaired) electrons. The van der Waals surface area contributed by atoms with Gasteiger partial charge >= 0.3 is 0 Å². The number of hydrogen-bond donors (Lipinski definition) is 0. The monoisotopic (exact) mass is 261 g/mol. The minimum absolute atomic E-state index is 0.348. The van der Waals surface area contributed by atoms with Crippen LogP contribution in [-0.4, -0.2) is 44.4 Å². The summed E-state index contributed by atoms with van der Waals surface area (Å²) in [5.74, 6) is 1.89. The van der Waals surface area contributed by atoms with Crippen LogP contribution in [0.5, 0.6) is 5.75 Å². The van der Waals surface area contributed by atoms with E-state index in [0.717, 1.165) is 37.8 Å². The molecule has 1 atom stereocenters. The molecule has 0 bridgehead atoms. The van der Waals surface area contributed by atoms with Gasteiger partial charge in [-0.15, -0.1) is 0 Å². The normalized spacial score (nSPS) is 24.4. The molecule has 104 valence electrons. The number of nitrogens with zero attached hydrogens (tertiary/aromatic N) is 1. The van der Waals surface area contributed by atoms with Crippen LogP contribution < -0.4 is 4.74 Å². The van der Waals surface area contributed by atoms with Crippen LogP contribution in [0.2, 0.25) is 0 Å². The molecular weight excluding hydrogens is 238 g/mol. The van der Waals surface area contributed by atoms with Gasteiger partial charge in [0.2, 0.25) is 0 Å². The molecule has 1 heterocycles. The van der Waals surface area contributed by atoms with Crippen molar-refractivity contribution in [2.45, 2.75) is 25.4 Å². The molecule has 0 spiro atoms. The predicted octanol–water partition coefficient (Wildman–Crippen LogP) is 2.35. The Hall–Kier alpha value is -1.06. The predicted molar refractivity (Wildman–Crippen MR) is 75.6 cm³/mol. The molecule has 1 saturated carbocycles. The van der Waals surface area contributed by atoms with Gasteiger partial charge in [0, 0.05) is 19.6 Å². The lowest BCUT2D eigenvalue weighted by molar-refractivity contribution is -0.0289. The highest BCUT2D eigenvalue weighted by atomic mass is 16.5. The van der Waals surface area contributed by atoms with Gasteiger partial charge in [0.1, 0.15) is 5.75 Å². The van der Waals surface area contributed by atoms with Crippen LogP contribution in [-0.2, 0) is 11.2 Å². The maximum atomic E-state index is 5.90. The fourth-order valence-corrected chi connectivity index (χ4v) is 2.76. The van der Waals surface area contributed by atoms with Gasteiger partial charge in [0.25, 0.3) is 0 Å². The molecule has 1 saturated heterocycles. The summed E-state index contributed by atoms with van der Waals surface area (Å²) in [7, 11) is 1.70. The second kappa shape index (κ2) is 5.93. The van der Waals surface area contributed by atoms with Crippen molar-refractivity contribution in [3.05, 3.63) is 29.8 Å². The minimum atomic E-state index is 0.348. The number of rotatable bonds is 5. The number of hydrogen-bond acceptors (Lipinski definition) is 3. The molecule has 3 rings (SSSR count). The molecule has 2 aliphatic rings. The summed E-state index contributed by atoms with van der Waals surface area (Å²) in [5, 5.41) is 0. The lowest BCUT2D eigenvalue weighted by atomic mass is 10.1. The van der Waals surface area contributed by atoms with Crippen LogP contribution in [0.15, 0.2) is 24.3 Å². The van der Waals surface area contributed by atoms with Crippen LogP contribution in [0.1, 0.15) is 18.4 Å². The quantitative estimate of drug-likeness (QED) is 0.812. The molecule has 1 aromatic rings. The summed E-state index contributed by atoms with van der Waals surface area (Å²) in [6.07, 6.45) is 4.22.